The molecular formula is C19H13Cl2N3O5S. The number of nitro groups is 1. The number of ether oxygens (including phenoxy) is 1. The Morgan fingerprint density at radius 2 is 1.90 bits per heavy atom. The van der Waals surface area contributed by atoms with Crippen molar-refractivity contribution in [1.82, 2.24) is 4.98 Å². The van der Waals surface area contributed by atoms with E-state index in [2.05, 4.69) is 10.3 Å². The zero-order chi connectivity index (χ0) is 21.8. The number of benzene rings is 2. The van der Waals surface area contributed by atoms with Crippen molar-refractivity contribution >= 4 is 57.8 Å². The van der Waals surface area contributed by atoms with E-state index >= 15 is 0 Å². The lowest BCUT2D eigenvalue weighted by atomic mass is 10.2. The molecule has 0 aliphatic heterocycles. The molecule has 0 saturated carbocycles. The lowest BCUT2D eigenvalue weighted by Crippen LogP contribution is -2.21. The molecule has 11 heteroatoms. The van der Waals surface area contributed by atoms with Crippen LogP contribution in [0.3, 0.4) is 0 Å². The average molecular weight is 466 g/mol. The summed E-state index contributed by atoms with van der Waals surface area (Å²) in [5.74, 6) is -1.32. The number of aryl methyl sites for hydroxylation is 1. The van der Waals surface area contributed by atoms with Gasteiger partial charge in [-0.05, 0) is 25.1 Å². The van der Waals surface area contributed by atoms with Gasteiger partial charge in [0.15, 0.2) is 6.61 Å². The molecule has 8 nitrogen and oxygen atoms in total. The predicted octanol–water partition coefficient (Wildman–Crippen LogP) is 5.13. The molecule has 154 valence electrons. The summed E-state index contributed by atoms with van der Waals surface area (Å²) in [5.41, 5.74) is 1.25. The van der Waals surface area contributed by atoms with E-state index in [0.717, 1.165) is 23.0 Å². The third kappa shape index (κ3) is 5.12. The molecule has 0 unspecified atom stereocenters. The van der Waals surface area contributed by atoms with Crippen molar-refractivity contribution in [2.45, 2.75) is 6.92 Å². The van der Waals surface area contributed by atoms with Crippen molar-refractivity contribution in [2.75, 3.05) is 11.9 Å². The number of nitrogens with one attached hydrogen (secondary N) is 1. The zero-order valence-corrected chi connectivity index (χ0v) is 17.7. The van der Waals surface area contributed by atoms with Crippen molar-refractivity contribution < 1.29 is 19.2 Å². The summed E-state index contributed by atoms with van der Waals surface area (Å²) in [4.78, 5) is 39.2. The van der Waals surface area contributed by atoms with Crippen LogP contribution in [0.4, 0.5) is 11.4 Å². The standard InChI is InChI=1S/C19H13Cl2N3O5S/c1-10-17(30-18(22-10)11-2-4-12(20)5-3-11)19(26)29-9-16(25)23-15-7-6-13(24(27)28)8-14(15)21/h2-8H,9H2,1H3,(H,23,25). The van der Waals surface area contributed by atoms with Gasteiger partial charge in [-0.3, -0.25) is 14.9 Å². The molecule has 0 fully saturated rings. The van der Waals surface area contributed by atoms with Crippen molar-refractivity contribution in [3.8, 4) is 10.6 Å². The number of nitro benzene ring substituents is 1. The summed E-state index contributed by atoms with van der Waals surface area (Å²) in [6.45, 7) is 1.11. The number of carbonyl (C=O) groups is 2. The number of esters is 1. The monoisotopic (exact) mass is 465 g/mol. The maximum Gasteiger partial charge on any atom is 0.350 e. The topological polar surface area (TPSA) is 111 Å². The van der Waals surface area contributed by atoms with Crippen LogP contribution in [-0.2, 0) is 9.53 Å². The van der Waals surface area contributed by atoms with E-state index in [0.29, 0.717) is 15.7 Å². The summed E-state index contributed by atoms with van der Waals surface area (Å²) in [6.07, 6.45) is 0. The smallest absolute Gasteiger partial charge is 0.350 e. The first-order valence-electron chi connectivity index (χ1n) is 8.39. The molecule has 3 aromatic rings. The van der Waals surface area contributed by atoms with E-state index in [4.69, 9.17) is 27.9 Å². The summed E-state index contributed by atoms with van der Waals surface area (Å²) in [6, 6.07) is 10.6. The molecule has 0 aliphatic carbocycles. The third-order valence-electron chi connectivity index (χ3n) is 3.85. The molecule has 0 atom stereocenters. The van der Waals surface area contributed by atoms with Crippen LogP contribution in [-0.4, -0.2) is 28.4 Å². The van der Waals surface area contributed by atoms with Gasteiger partial charge in [-0.25, -0.2) is 9.78 Å². The lowest BCUT2D eigenvalue weighted by molar-refractivity contribution is -0.384. The first-order valence-corrected chi connectivity index (χ1v) is 9.96. The Morgan fingerprint density at radius 1 is 1.20 bits per heavy atom. The van der Waals surface area contributed by atoms with Gasteiger partial charge in [-0.1, -0.05) is 35.3 Å². The largest absolute Gasteiger partial charge is 0.451 e. The van der Waals surface area contributed by atoms with Crippen LogP contribution in [0.5, 0.6) is 0 Å². The van der Waals surface area contributed by atoms with Gasteiger partial charge in [0.05, 0.1) is 21.3 Å². The number of carbonyl (C=O) groups excluding carboxylic acids is 2. The van der Waals surface area contributed by atoms with Crippen molar-refractivity contribution in [3.05, 3.63) is 73.2 Å². The lowest BCUT2D eigenvalue weighted by Gasteiger charge is -2.07. The number of halogens is 2. The molecule has 1 heterocycles. The molecule has 30 heavy (non-hydrogen) atoms. The molecular weight excluding hydrogens is 453 g/mol. The predicted molar refractivity (Wildman–Crippen MR) is 114 cm³/mol. The van der Waals surface area contributed by atoms with Gasteiger partial charge in [0, 0.05) is 22.7 Å². The highest BCUT2D eigenvalue weighted by Crippen LogP contribution is 2.29. The third-order valence-corrected chi connectivity index (χ3v) is 5.60. The number of anilines is 1. The van der Waals surface area contributed by atoms with E-state index in [-0.39, 0.29) is 21.3 Å². The van der Waals surface area contributed by atoms with Crippen LogP contribution < -0.4 is 5.32 Å². The Bertz CT molecular complexity index is 1130. The highest BCUT2D eigenvalue weighted by molar-refractivity contribution is 7.17. The van der Waals surface area contributed by atoms with Crippen molar-refractivity contribution in [2.24, 2.45) is 0 Å². The van der Waals surface area contributed by atoms with E-state index in [1.807, 2.05) is 0 Å². The van der Waals surface area contributed by atoms with Crippen LogP contribution in [0.1, 0.15) is 15.4 Å². The van der Waals surface area contributed by atoms with Crippen LogP contribution in [0.25, 0.3) is 10.6 Å². The average Bonchev–Trinajstić information content (AvgIpc) is 3.09. The Kier molecular flexibility index (Phi) is 6.66. The molecule has 0 aliphatic rings. The van der Waals surface area contributed by atoms with Crippen LogP contribution in [0.15, 0.2) is 42.5 Å². The number of amides is 1. The van der Waals surface area contributed by atoms with Gasteiger partial charge < -0.3 is 10.1 Å². The molecule has 3 rings (SSSR count). The van der Waals surface area contributed by atoms with Gasteiger partial charge in [0.1, 0.15) is 9.88 Å². The number of hydrogen-bond acceptors (Lipinski definition) is 7. The first-order chi connectivity index (χ1) is 14.2. The number of hydrogen-bond donors (Lipinski definition) is 1. The molecule has 0 saturated heterocycles. The van der Waals surface area contributed by atoms with E-state index in [1.54, 1.807) is 31.2 Å². The molecule has 0 spiro atoms. The number of rotatable bonds is 6. The zero-order valence-electron chi connectivity index (χ0n) is 15.3. The fourth-order valence-corrected chi connectivity index (χ4v) is 3.72. The second kappa shape index (κ2) is 9.21. The molecule has 1 N–H and O–H groups in total. The molecule has 0 bridgehead atoms. The highest BCUT2D eigenvalue weighted by atomic mass is 35.5. The SMILES string of the molecule is Cc1nc(-c2ccc(Cl)cc2)sc1C(=O)OCC(=O)Nc1ccc([N+](=O)[O-])cc1Cl. The molecule has 2 aromatic carbocycles. The minimum Gasteiger partial charge on any atom is -0.451 e. The summed E-state index contributed by atoms with van der Waals surface area (Å²) in [7, 11) is 0. The Hall–Kier alpha value is -3.01. The highest BCUT2D eigenvalue weighted by Gasteiger charge is 2.19. The first kappa shape index (κ1) is 21.7. The van der Waals surface area contributed by atoms with Gasteiger partial charge in [-0.15, -0.1) is 11.3 Å². The summed E-state index contributed by atoms with van der Waals surface area (Å²) >= 11 is 12.9. The second-order valence-electron chi connectivity index (χ2n) is 5.99. The molecule has 0 radical (unpaired) electrons. The summed E-state index contributed by atoms with van der Waals surface area (Å²) < 4.78 is 5.06. The Labute approximate surface area is 184 Å². The van der Waals surface area contributed by atoms with Crippen LogP contribution in [0.2, 0.25) is 10.0 Å². The van der Waals surface area contributed by atoms with Crippen LogP contribution >= 0.6 is 34.5 Å². The van der Waals surface area contributed by atoms with E-state index < -0.39 is 23.4 Å². The second-order valence-corrected chi connectivity index (χ2v) is 7.83. The maximum absolute atomic E-state index is 12.4. The number of aromatic nitrogens is 1. The Balaban J connectivity index is 1.62. The number of nitrogens with zero attached hydrogens (tertiary/aromatic N) is 2. The van der Waals surface area contributed by atoms with Crippen molar-refractivity contribution in [3.63, 3.8) is 0 Å². The van der Waals surface area contributed by atoms with E-state index in [1.165, 1.54) is 12.1 Å². The summed E-state index contributed by atoms with van der Waals surface area (Å²) in [5, 5.41) is 14.4. The Morgan fingerprint density at radius 3 is 2.53 bits per heavy atom. The van der Waals surface area contributed by atoms with Gasteiger partial charge in [-0.2, -0.15) is 0 Å². The molecule has 1 amide bonds. The minimum absolute atomic E-state index is 0.00483. The number of non-ortho nitro benzene ring substituents is 1. The van der Waals surface area contributed by atoms with Gasteiger partial charge in [0.2, 0.25) is 0 Å². The minimum atomic E-state index is -0.685. The molecule has 1 aromatic heterocycles. The quantitative estimate of drug-likeness (QED) is 0.306. The van der Waals surface area contributed by atoms with Gasteiger partial charge in [0.25, 0.3) is 11.6 Å². The van der Waals surface area contributed by atoms with Crippen LogP contribution in [0, 0.1) is 17.0 Å². The normalized spacial score (nSPS) is 10.5. The fourth-order valence-electron chi connectivity index (χ4n) is 2.40. The maximum atomic E-state index is 12.4. The van der Waals surface area contributed by atoms with Gasteiger partial charge >= 0.3 is 5.97 Å². The van der Waals surface area contributed by atoms with Crippen molar-refractivity contribution in [1.29, 1.82) is 0 Å². The number of thiazole rings is 1. The van der Waals surface area contributed by atoms with E-state index in [9.17, 15) is 19.7 Å². The fraction of sp³-hybridized carbons (Fsp3) is 0.105.